The molecule has 4 N–H and O–H groups in total. The maximum atomic E-state index is 13.4. The number of tetrazole rings is 1. The van der Waals surface area contributed by atoms with Crippen molar-refractivity contribution >= 4 is 17.0 Å². The minimum absolute atomic E-state index is 0.0495. The molecule has 0 saturated heterocycles. The number of aromatic amines is 2. The van der Waals surface area contributed by atoms with Gasteiger partial charge in [-0.05, 0) is 46.7 Å². The lowest BCUT2D eigenvalue weighted by atomic mass is 9.90. The van der Waals surface area contributed by atoms with Gasteiger partial charge in [0.25, 0.3) is 0 Å². The fourth-order valence-corrected chi connectivity index (χ4v) is 3.22. The number of nitriles is 1. The van der Waals surface area contributed by atoms with Crippen molar-refractivity contribution in [2.45, 2.75) is 13.1 Å². The molecular formula is C17H11F3N8. The number of hydrogen-bond donors (Lipinski definition) is 3. The Morgan fingerprint density at radius 3 is 2.61 bits per heavy atom. The Hall–Kier alpha value is -3.94. The summed E-state index contributed by atoms with van der Waals surface area (Å²) in [6.45, 7) is 1.34. The summed E-state index contributed by atoms with van der Waals surface area (Å²) in [7, 11) is 0. The molecule has 0 fully saturated rings. The Bertz CT molecular complexity index is 1230. The van der Waals surface area contributed by atoms with Gasteiger partial charge in [0.15, 0.2) is 11.8 Å². The molecular weight excluding hydrogens is 373 g/mol. The molecule has 2 aromatic carbocycles. The van der Waals surface area contributed by atoms with Gasteiger partial charge >= 0.3 is 6.18 Å². The van der Waals surface area contributed by atoms with E-state index in [9.17, 15) is 18.4 Å². The van der Waals surface area contributed by atoms with E-state index in [2.05, 4.69) is 30.6 Å². The van der Waals surface area contributed by atoms with Crippen molar-refractivity contribution in [3.05, 3.63) is 41.0 Å². The molecule has 140 valence electrons. The Labute approximate surface area is 155 Å². The first-order valence-electron chi connectivity index (χ1n) is 7.94. The summed E-state index contributed by atoms with van der Waals surface area (Å²) in [4.78, 5) is 7.01. The number of alkyl halides is 3. The normalized spacial score (nSPS) is 11.7. The summed E-state index contributed by atoms with van der Waals surface area (Å²) in [5.74, 6) is 0.194. The molecule has 0 aliphatic carbocycles. The Morgan fingerprint density at radius 2 is 1.96 bits per heavy atom. The molecule has 0 amide bonds. The zero-order chi connectivity index (χ0) is 20.1. The lowest BCUT2D eigenvalue weighted by Gasteiger charge is -2.17. The topological polar surface area (TPSA) is 133 Å². The van der Waals surface area contributed by atoms with Crippen LogP contribution in [0.2, 0.25) is 0 Å². The minimum atomic E-state index is -4.55. The van der Waals surface area contributed by atoms with Gasteiger partial charge in [-0.3, -0.25) is 0 Å². The number of H-pyrrole nitrogens is 2. The maximum absolute atomic E-state index is 13.4. The van der Waals surface area contributed by atoms with Crippen molar-refractivity contribution in [2.75, 3.05) is 5.73 Å². The molecule has 0 atom stereocenters. The minimum Gasteiger partial charge on any atom is -0.369 e. The highest BCUT2D eigenvalue weighted by Gasteiger charge is 2.34. The number of aromatic nitrogens is 6. The van der Waals surface area contributed by atoms with Crippen LogP contribution in [-0.2, 0) is 6.18 Å². The average Bonchev–Trinajstić information content (AvgIpc) is 3.27. The lowest BCUT2D eigenvalue weighted by molar-refractivity contribution is -0.138. The molecule has 8 nitrogen and oxygen atoms in total. The van der Waals surface area contributed by atoms with Crippen LogP contribution in [0, 0.1) is 18.3 Å². The highest BCUT2D eigenvalue weighted by atomic mass is 19.4. The van der Waals surface area contributed by atoms with Gasteiger partial charge < -0.3 is 10.7 Å². The number of nitrogens with zero attached hydrogens (tertiary/aromatic N) is 5. The second-order valence-corrected chi connectivity index (χ2v) is 6.06. The number of rotatable bonds is 2. The van der Waals surface area contributed by atoms with Crippen LogP contribution in [-0.4, -0.2) is 30.6 Å². The molecule has 2 aromatic heterocycles. The monoisotopic (exact) mass is 384 g/mol. The summed E-state index contributed by atoms with van der Waals surface area (Å²) in [6.07, 6.45) is -4.55. The van der Waals surface area contributed by atoms with E-state index >= 15 is 0 Å². The summed E-state index contributed by atoms with van der Waals surface area (Å²) in [6, 6.07) is 7.42. The zero-order valence-corrected chi connectivity index (χ0v) is 14.3. The van der Waals surface area contributed by atoms with E-state index in [0.29, 0.717) is 22.2 Å². The molecule has 0 spiro atoms. The van der Waals surface area contributed by atoms with E-state index in [1.54, 1.807) is 6.07 Å². The molecule has 4 rings (SSSR count). The van der Waals surface area contributed by atoms with E-state index in [1.807, 2.05) is 6.07 Å². The van der Waals surface area contributed by atoms with Crippen LogP contribution >= 0.6 is 0 Å². The SMILES string of the molecule is Cc1c(C(F)(F)F)ccc(-c2cc(C#N)cc3nc(N)[nH]c23)c1-c1nnn[nH]1. The quantitative estimate of drug-likeness (QED) is 0.486. The standard InChI is InChI=1S/C17H11F3N8/c1-7-11(17(18,19)20)3-2-9(13(7)15-25-27-28-26-15)10-4-8(6-21)5-12-14(10)24-16(22)23-12/h2-5H,1H3,(H3,22,23,24)(H,25,26,27,28). The van der Waals surface area contributed by atoms with Crippen molar-refractivity contribution in [3.63, 3.8) is 0 Å². The van der Waals surface area contributed by atoms with Crippen LogP contribution in [0.25, 0.3) is 33.5 Å². The molecule has 28 heavy (non-hydrogen) atoms. The van der Waals surface area contributed by atoms with Gasteiger partial charge in [-0.2, -0.15) is 18.4 Å². The molecule has 0 aliphatic heterocycles. The third kappa shape index (κ3) is 2.71. The summed E-state index contributed by atoms with van der Waals surface area (Å²) < 4.78 is 40.3. The molecule has 0 bridgehead atoms. The lowest BCUT2D eigenvalue weighted by Crippen LogP contribution is -2.09. The number of hydrogen-bond acceptors (Lipinski definition) is 6. The van der Waals surface area contributed by atoms with Gasteiger partial charge in [0.2, 0.25) is 0 Å². The summed E-state index contributed by atoms with van der Waals surface area (Å²) in [5.41, 5.74) is 7.11. The molecule has 4 aromatic rings. The van der Waals surface area contributed by atoms with Gasteiger partial charge in [-0.25, -0.2) is 10.1 Å². The Kier molecular flexibility index (Phi) is 3.78. The highest BCUT2D eigenvalue weighted by Crippen LogP contribution is 2.42. The van der Waals surface area contributed by atoms with E-state index < -0.39 is 11.7 Å². The summed E-state index contributed by atoms with van der Waals surface area (Å²) in [5, 5.41) is 22.6. The molecule has 11 heteroatoms. The van der Waals surface area contributed by atoms with E-state index in [4.69, 9.17) is 5.73 Å². The van der Waals surface area contributed by atoms with E-state index in [1.165, 1.54) is 19.1 Å². The molecule has 0 radical (unpaired) electrons. The number of anilines is 1. The van der Waals surface area contributed by atoms with Crippen molar-refractivity contribution in [1.82, 2.24) is 30.6 Å². The van der Waals surface area contributed by atoms with Crippen molar-refractivity contribution in [3.8, 4) is 28.6 Å². The van der Waals surface area contributed by atoms with Gasteiger partial charge in [0.1, 0.15) is 0 Å². The van der Waals surface area contributed by atoms with Crippen molar-refractivity contribution < 1.29 is 13.2 Å². The number of nitrogen functional groups attached to an aromatic ring is 1. The second kappa shape index (κ2) is 6.05. The number of fused-ring (bicyclic) bond motifs is 1. The largest absolute Gasteiger partial charge is 0.416 e. The average molecular weight is 384 g/mol. The zero-order valence-electron chi connectivity index (χ0n) is 14.3. The molecule has 2 heterocycles. The van der Waals surface area contributed by atoms with E-state index in [-0.39, 0.29) is 28.5 Å². The van der Waals surface area contributed by atoms with Crippen LogP contribution in [0.15, 0.2) is 24.3 Å². The van der Waals surface area contributed by atoms with Crippen LogP contribution in [0.1, 0.15) is 16.7 Å². The first kappa shape index (κ1) is 17.5. The van der Waals surface area contributed by atoms with Crippen LogP contribution < -0.4 is 5.73 Å². The Balaban J connectivity index is 2.11. The number of nitrogens with two attached hydrogens (primary N) is 1. The number of benzene rings is 2. The third-order valence-electron chi connectivity index (χ3n) is 4.38. The van der Waals surface area contributed by atoms with Crippen LogP contribution in [0.4, 0.5) is 19.1 Å². The number of halogens is 3. The second-order valence-electron chi connectivity index (χ2n) is 6.06. The van der Waals surface area contributed by atoms with Gasteiger partial charge in [-0.15, -0.1) is 5.10 Å². The van der Waals surface area contributed by atoms with E-state index in [0.717, 1.165) is 6.07 Å². The number of imidazole rings is 1. The van der Waals surface area contributed by atoms with Crippen molar-refractivity contribution in [1.29, 1.82) is 5.26 Å². The van der Waals surface area contributed by atoms with Crippen LogP contribution in [0.3, 0.4) is 0 Å². The fourth-order valence-electron chi connectivity index (χ4n) is 3.22. The summed E-state index contributed by atoms with van der Waals surface area (Å²) >= 11 is 0. The smallest absolute Gasteiger partial charge is 0.369 e. The Morgan fingerprint density at radius 1 is 1.18 bits per heavy atom. The van der Waals surface area contributed by atoms with Gasteiger partial charge in [0.05, 0.1) is 28.2 Å². The third-order valence-corrected chi connectivity index (χ3v) is 4.38. The van der Waals surface area contributed by atoms with Gasteiger partial charge in [0, 0.05) is 11.1 Å². The molecule has 0 saturated carbocycles. The predicted molar refractivity (Wildman–Crippen MR) is 93.6 cm³/mol. The van der Waals surface area contributed by atoms with Gasteiger partial charge in [-0.1, -0.05) is 6.07 Å². The highest BCUT2D eigenvalue weighted by molar-refractivity contribution is 5.98. The molecule has 0 aliphatic rings. The van der Waals surface area contributed by atoms with Crippen LogP contribution in [0.5, 0.6) is 0 Å². The fraction of sp³-hybridized carbons (Fsp3) is 0.118. The maximum Gasteiger partial charge on any atom is 0.416 e. The first-order valence-corrected chi connectivity index (χ1v) is 7.94. The van der Waals surface area contributed by atoms with Crippen molar-refractivity contribution in [2.24, 2.45) is 0 Å². The number of nitrogens with one attached hydrogen (secondary N) is 2. The first-order chi connectivity index (χ1) is 13.3. The molecule has 0 unspecified atom stereocenters. The predicted octanol–water partition coefficient (Wildman–Crippen LogP) is 3.19.